The van der Waals surface area contributed by atoms with E-state index in [2.05, 4.69) is 34.9 Å². The molecule has 0 amide bonds. The SMILES string of the molecule is Cc1cccc(CN)c1N1CCC(CN2CCCC2)CC1. The molecule has 2 saturated heterocycles. The van der Waals surface area contributed by atoms with Crippen LogP contribution in [0.2, 0.25) is 0 Å². The van der Waals surface area contributed by atoms with E-state index in [0.717, 1.165) is 5.92 Å². The van der Waals surface area contributed by atoms with Gasteiger partial charge in [0.05, 0.1) is 0 Å². The minimum atomic E-state index is 0.644. The Morgan fingerprint density at radius 2 is 1.81 bits per heavy atom. The summed E-state index contributed by atoms with van der Waals surface area (Å²) in [6, 6.07) is 6.52. The van der Waals surface area contributed by atoms with Crippen molar-refractivity contribution in [2.24, 2.45) is 11.7 Å². The topological polar surface area (TPSA) is 32.5 Å². The lowest BCUT2D eigenvalue weighted by atomic mass is 9.94. The molecule has 0 saturated carbocycles. The summed E-state index contributed by atoms with van der Waals surface area (Å²) in [6.07, 6.45) is 5.47. The first-order chi connectivity index (χ1) is 10.3. The number of hydrogen-bond donors (Lipinski definition) is 1. The second-order valence-corrected chi connectivity index (χ2v) is 6.72. The van der Waals surface area contributed by atoms with Crippen molar-refractivity contribution in [3.05, 3.63) is 29.3 Å². The van der Waals surface area contributed by atoms with Crippen LogP contribution >= 0.6 is 0 Å². The van der Waals surface area contributed by atoms with Crippen molar-refractivity contribution >= 4 is 5.69 Å². The van der Waals surface area contributed by atoms with E-state index >= 15 is 0 Å². The maximum atomic E-state index is 5.93. The van der Waals surface area contributed by atoms with Gasteiger partial charge in [-0.1, -0.05) is 18.2 Å². The lowest BCUT2D eigenvalue weighted by Crippen LogP contribution is -2.38. The molecule has 3 rings (SSSR count). The van der Waals surface area contributed by atoms with Gasteiger partial charge in [-0.2, -0.15) is 0 Å². The molecule has 2 aliphatic rings. The molecule has 3 heteroatoms. The van der Waals surface area contributed by atoms with Crippen LogP contribution in [-0.4, -0.2) is 37.6 Å². The predicted octanol–water partition coefficient (Wildman–Crippen LogP) is 2.77. The van der Waals surface area contributed by atoms with Gasteiger partial charge in [0.25, 0.3) is 0 Å². The van der Waals surface area contributed by atoms with Gasteiger partial charge in [0, 0.05) is 31.9 Å². The van der Waals surface area contributed by atoms with E-state index in [0.29, 0.717) is 6.54 Å². The van der Waals surface area contributed by atoms with E-state index in [1.807, 2.05) is 0 Å². The fraction of sp³-hybridized carbons (Fsp3) is 0.667. The standard InChI is InChI=1S/C18H29N3/c1-15-5-4-6-17(13-19)18(15)21-11-7-16(8-12-21)14-20-9-2-3-10-20/h4-6,16H,2-3,7-14,19H2,1H3. The Morgan fingerprint density at radius 3 is 2.48 bits per heavy atom. The maximum absolute atomic E-state index is 5.93. The van der Waals surface area contributed by atoms with Gasteiger partial charge in [-0.25, -0.2) is 0 Å². The summed E-state index contributed by atoms with van der Waals surface area (Å²) in [4.78, 5) is 5.23. The molecule has 2 fully saturated rings. The van der Waals surface area contributed by atoms with Gasteiger partial charge in [-0.15, -0.1) is 0 Å². The molecule has 0 spiro atoms. The largest absolute Gasteiger partial charge is 0.371 e. The van der Waals surface area contributed by atoms with Crippen LogP contribution < -0.4 is 10.6 Å². The third-order valence-corrected chi connectivity index (χ3v) is 5.19. The second kappa shape index (κ2) is 6.80. The van der Waals surface area contributed by atoms with Gasteiger partial charge in [0.1, 0.15) is 0 Å². The van der Waals surface area contributed by atoms with Crippen LogP contribution in [0.15, 0.2) is 18.2 Å². The highest BCUT2D eigenvalue weighted by Gasteiger charge is 2.24. The molecule has 1 aromatic carbocycles. The second-order valence-electron chi connectivity index (χ2n) is 6.72. The normalized spacial score (nSPS) is 21.1. The van der Waals surface area contributed by atoms with Crippen molar-refractivity contribution in [1.82, 2.24) is 4.90 Å². The fourth-order valence-electron chi connectivity index (χ4n) is 4.01. The van der Waals surface area contributed by atoms with Crippen molar-refractivity contribution in [2.45, 2.75) is 39.2 Å². The zero-order valence-electron chi connectivity index (χ0n) is 13.4. The zero-order chi connectivity index (χ0) is 14.7. The molecular weight excluding hydrogens is 258 g/mol. The Morgan fingerprint density at radius 1 is 1.10 bits per heavy atom. The highest BCUT2D eigenvalue weighted by molar-refractivity contribution is 5.59. The highest BCUT2D eigenvalue weighted by atomic mass is 15.2. The third kappa shape index (κ3) is 3.41. The molecule has 2 aliphatic heterocycles. The Labute approximate surface area is 129 Å². The summed E-state index contributed by atoms with van der Waals surface area (Å²) >= 11 is 0. The summed E-state index contributed by atoms with van der Waals surface area (Å²) in [5, 5.41) is 0. The number of hydrogen-bond acceptors (Lipinski definition) is 3. The first-order valence-corrected chi connectivity index (χ1v) is 8.54. The highest BCUT2D eigenvalue weighted by Crippen LogP contribution is 2.30. The number of nitrogens with two attached hydrogens (primary N) is 1. The van der Waals surface area contributed by atoms with Gasteiger partial charge < -0.3 is 15.5 Å². The van der Waals surface area contributed by atoms with Crippen molar-refractivity contribution in [2.75, 3.05) is 37.6 Å². The van der Waals surface area contributed by atoms with Gasteiger partial charge >= 0.3 is 0 Å². The van der Waals surface area contributed by atoms with Crippen LogP contribution in [0.3, 0.4) is 0 Å². The van der Waals surface area contributed by atoms with Gasteiger partial charge in [-0.05, 0) is 62.7 Å². The smallest absolute Gasteiger partial charge is 0.0441 e. The average Bonchev–Trinajstić information content (AvgIpc) is 3.01. The molecule has 0 aromatic heterocycles. The molecule has 116 valence electrons. The van der Waals surface area contributed by atoms with E-state index in [4.69, 9.17) is 5.73 Å². The molecule has 2 N–H and O–H groups in total. The van der Waals surface area contributed by atoms with E-state index < -0.39 is 0 Å². The number of benzene rings is 1. The molecule has 2 heterocycles. The summed E-state index contributed by atoms with van der Waals surface area (Å²) < 4.78 is 0. The number of para-hydroxylation sites is 1. The lowest BCUT2D eigenvalue weighted by molar-refractivity contribution is 0.249. The number of rotatable bonds is 4. The minimum Gasteiger partial charge on any atom is -0.371 e. The van der Waals surface area contributed by atoms with Crippen LogP contribution in [-0.2, 0) is 6.54 Å². The lowest BCUT2D eigenvalue weighted by Gasteiger charge is -2.37. The number of nitrogens with zero attached hydrogens (tertiary/aromatic N) is 2. The molecule has 0 bridgehead atoms. The first-order valence-electron chi connectivity index (χ1n) is 8.54. The molecule has 0 radical (unpaired) electrons. The van der Waals surface area contributed by atoms with E-state index in [1.54, 1.807) is 0 Å². The number of likely N-dealkylation sites (tertiary alicyclic amines) is 1. The van der Waals surface area contributed by atoms with Gasteiger partial charge in [0.2, 0.25) is 0 Å². The molecule has 0 unspecified atom stereocenters. The van der Waals surface area contributed by atoms with Crippen LogP contribution in [0.25, 0.3) is 0 Å². The molecule has 0 atom stereocenters. The van der Waals surface area contributed by atoms with Crippen molar-refractivity contribution in [3.63, 3.8) is 0 Å². The first kappa shape index (κ1) is 14.9. The van der Waals surface area contributed by atoms with Gasteiger partial charge in [0.15, 0.2) is 0 Å². The van der Waals surface area contributed by atoms with Crippen LogP contribution in [0, 0.1) is 12.8 Å². The van der Waals surface area contributed by atoms with E-state index in [-0.39, 0.29) is 0 Å². The molecule has 21 heavy (non-hydrogen) atoms. The summed E-state index contributed by atoms with van der Waals surface area (Å²) in [5.74, 6) is 0.893. The van der Waals surface area contributed by atoms with Crippen molar-refractivity contribution in [3.8, 4) is 0 Å². The summed E-state index contributed by atoms with van der Waals surface area (Å²) in [5.41, 5.74) is 10.0. The van der Waals surface area contributed by atoms with E-state index in [9.17, 15) is 0 Å². The fourth-order valence-corrected chi connectivity index (χ4v) is 4.01. The quantitative estimate of drug-likeness (QED) is 0.924. The molecule has 1 aromatic rings. The predicted molar refractivity (Wildman–Crippen MR) is 89.7 cm³/mol. The minimum absolute atomic E-state index is 0.644. The Hall–Kier alpha value is -1.06. The Bertz CT molecular complexity index is 458. The Balaban J connectivity index is 1.60. The monoisotopic (exact) mass is 287 g/mol. The summed E-state index contributed by atoms with van der Waals surface area (Å²) in [6.45, 7) is 9.22. The van der Waals surface area contributed by atoms with Crippen molar-refractivity contribution < 1.29 is 0 Å². The Kier molecular flexibility index (Phi) is 4.81. The number of aryl methyl sites for hydroxylation is 1. The maximum Gasteiger partial charge on any atom is 0.0441 e. The van der Waals surface area contributed by atoms with Crippen molar-refractivity contribution in [1.29, 1.82) is 0 Å². The average molecular weight is 287 g/mol. The van der Waals surface area contributed by atoms with Crippen LogP contribution in [0.5, 0.6) is 0 Å². The summed E-state index contributed by atoms with van der Waals surface area (Å²) in [7, 11) is 0. The molecule has 0 aliphatic carbocycles. The van der Waals surface area contributed by atoms with Crippen LogP contribution in [0.4, 0.5) is 5.69 Å². The number of piperidine rings is 1. The zero-order valence-corrected chi connectivity index (χ0v) is 13.4. The number of anilines is 1. The molecular formula is C18H29N3. The molecule has 3 nitrogen and oxygen atoms in total. The van der Waals surface area contributed by atoms with E-state index in [1.165, 1.54) is 75.2 Å². The van der Waals surface area contributed by atoms with Gasteiger partial charge in [-0.3, -0.25) is 0 Å². The third-order valence-electron chi connectivity index (χ3n) is 5.19. The van der Waals surface area contributed by atoms with Crippen LogP contribution in [0.1, 0.15) is 36.8 Å².